The first-order valence-electron chi connectivity index (χ1n) is 5.54. The molecule has 2 rings (SSSR count). The summed E-state index contributed by atoms with van der Waals surface area (Å²) >= 11 is 1.64. The summed E-state index contributed by atoms with van der Waals surface area (Å²) < 4.78 is 0. The first kappa shape index (κ1) is 11.9. The maximum atomic E-state index is 9.60. The highest BCUT2D eigenvalue weighted by molar-refractivity contribution is 7.09. The Kier molecular flexibility index (Phi) is 3.33. The summed E-state index contributed by atoms with van der Waals surface area (Å²) in [6.07, 6.45) is 1.81. The minimum Gasteiger partial charge on any atom is -0.508 e. The number of aryl methyl sites for hydroxylation is 2. The number of nitrogens with one attached hydrogen (secondary N) is 1. The molecule has 90 valence electrons. The van der Waals surface area contributed by atoms with Crippen molar-refractivity contribution in [2.75, 3.05) is 5.32 Å². The molecule has 1 heterocycles. The maximum Gasteiger partial charge on any atom is 0.118 e. The number of hydrogen-bond acceptors (Lipinski definition) is 4. The SMILES string of the molecule is Cc1cc(NC(C)c2nccs2)c(C)cc1O. The molecule has 0 saturated heterocycles. The second-order valence-electron chi connectivity index (χ2n) is 4.19. The van der Waals surface area contributed by atoms with E-state index in [2.05, 4.69) is 17.2 Å². The number of anilines is 1. The van der Waals surface area contributed by atoms with Gasteiger partial charge in [0.2, 0.25) is 0 Å². The van der Waals surface area contributed by atoms with Crippen molar-refractivity contribution in [1.82, 2.24) is 4.98 Å². The lowest BCUT2D eigenvalue weighted by atomic mass is 10.1. The maximum absolute atomic E-state index is 9.60. The summed E-state index contributed by atoms with van der Waals surface area (Å²) in [6.45, 7) is 5.96. The van der Waals surface area contributed by atoms with Crippen molar-refractivity contribution in [1.29, 1.82) is 0 Å². The molecule has 0 fully saturated rings. The van der Waals surface area contributed by atoms with Crippen LogP contribution in [0.1, 0.15) is 29.1 Å². The largest absolute Gasteiger partial charge is 0.508 e. The van der Waals surface area contributed by atoms with E-state index in [1.165, 1.54) is 0 Å². The topological polar surface area (TPSA) is 45.2 Å². The average Bonchev–Trinajstić information content (AvgIpc) is 2.79. The zero-order valence-corrected chi connectivity index (χ0v) is 11.0. The van der Waals surface area contributed by atoms with E-state index in [1.54, 1.807) is 17.4 Å². The number of rotatable bonds is 3. The molecule has 0 amide bonds. The second kappa shape index (κ2) is 4.75. The fraction of sp³-hybridized carbons (Fsp3) is 0.308. The van der Waals surface area contributed by atoms with Crippen LogP contribution in [0.2, 0.25) is 0 Å². The van der Waals surface area contributed by atoms with Gasteiger partial charge in [-0.1, -0.05) is 0 Å². The number of benzene rings is 1. The average molecular weight is 248 g/mol. The lowest BCUT2D eigenvalue weighted by Crippen LogP contribution is -2.07. The molecule has 4 heteroatoms. The third-order valence-electron chi connectivity index (χ3n) is 2.74. The van der Waals surface area contributed by atoms with Crippen LogP contribution in [0.4, 0.5) is 5.69 Å². The van der Waals surface area contributed by atoms with Crippen molar-refractivity contribution in [2.24, 2.45) is 0 Å². The van der Waals surface area contributed by atoms with Crippen LogP contribution in [-0.4, -0.2) is 10.1 Å². The highest BCUT2D eigenvalue weighted by Gasteiger charge is 2.10. The molecular weight excluding hydrogens is 232 g/mol. The van der Waals surface area contributed by atoms with E-state index in [0.717, 1.165) is 21.8 Å². The third-order valence-corrected chi connectivity index (χ3v) is 3.70. The lowest BCUT2D eigenvalue weighted by Gasteiger charge is -2.16. The monoisotopic (exact) mass is 248 g/mol. The molecule has 1 aromatic carbocycles. The van der Waals surface area contributed by atoms with Crippen molar-refractivity contribution >= 4 is 17.0 Å². The van der Waals surface area contributed by atoms with E-state index < -0.39 is 0 Å². The van der Waals surface area contributed by atoms with Gasteiger partial charge in [0.1, 0.15) is 10.8 Å². The molecule has 2 aromatic rings. The number of aromatic nitrogens is 1. The van der Waals surface area contributed by atoms with E-state index in [0.29, 0.717) is 5.75 Å². The first-order valence-corrected chi connectivity index (χ1v) is 6.42. The molecule has 0 spiro atoms. The number of hydrogen-bond donors (Lipinski definition) is 2. The number of thiazole rings is 1. The van der Waals surface area contributed by atoms with Crippen LogP contribution < -0.4 is 5.32 Å². The molecule has 0 aliphatic rings. The second-order valence-corrected chi connectivity index (χ2v) is 5.12. The zero-order chi connectivity index (χ0) is 12.4. The van der Waals surface area contributed by atoms with E-state index in [9.17, 15) is 5.11 Å². The summed E-state index contributed by atoms with van der Waals surface area (Å²) in [5, 5.41) is 16.1. The number of phenols is 1. The Morgan fingerprint density at radius 1 is 1.29 bits per heavy atom. The standard InChI is InChI=1S/C13H16N2OS/c1-8-7-12(16)9(2)6-11(8)15-10(3)13-14-4-5-17-13/h4-7,10,15-16H,1-3H3. The van der Waals surface area contributed by atoms with Crippen molar-refractivity contribution in [3.8, 4) is 5.75 Å². The van der Waals surface area contributed by atoms with Gasteiger partial charge in [-0.3, -0.25) is 0 Å². The summed E-state index contributed by atoms with van der Waals surface area (Å²) in [4.78, 5) is 4.29. The summed E-state index contributed by atoms with van der Waals surface area (Å²) in [5.41, 5.74) is 2.96. The first-order chi connectivity index (χ1) is 8.08. The van der Waals surface area contributed by atoms with Gasteiger partial charge in [0, 0.05) is 17.3 Å². The summed E-state index contributed by atoms with van der Waals surface area (Å²) in [5.74, 6) is 0.343. The summed E-state index contributed by atoms with van der Waals surface area (Å²) in [7, 11) is 0. The van der Waals surface area contributed by atoms with Gasteiger partial charge in [0.25, 0.3) is 0 Å². The summed E-state index contributed by atoms with van der Waals surface area (Å²) in [6, 6.07) is 3.93. The normalized spacial score (nSPS) is 12.4. The predicted octanol–water partition coefficient (Wildman–Crippen LogP) is 3.64. The van der Waals surface area contributed by atoms with Crippen LogP contribution in [0.3, 0.4) is 0 Å². The molecule has 0 aliphatic carbocycles. The number of phenolic OH excluding ortho intramolecular Hbond substituents is 1. The van der Waals surface area contributed by atoms with Gasteiger partial charge in [0.15, 0.2) is 0 Å². The van der Waals surface area contributed by atoms with Crippen molar-refractivity contribution < 1.29 is 5.11 Å². The number of aromatic hydroxyl groups is 1. The van der Waals surface area contributed by atoms with Crippen LogP contribution in [-0.2, 0) is 0 Å². The molecule has 0 bridgehead atoms. The van der Waals surface area contributed by atoms with E-state index in [-0.39, 0.29) is 6.04 Å². The molecule has 1 atom stereocenters. The van der Waals surface area contributed by atoms with Crippen LogP contribution in [0.15, 0.2) is 23.7 Å². The Morgan fingerprint density at radius 2 is 2.06 bits per heavy atom. The van der Waals surface area contributed by atoms with Crippen LogP contribution in [0, 0.1) is 13.8 Å². The van der Waals surface area contributed by atoms with Crippen LogP contribution in [0.25, 0.3) is 0 Å². The number of nitrogens with zero attached hydrogens (tertiary/aromatic N) is 1. The van der Waals surface area contributed by atoms with Crippen LogP contribution >= 0.6 is 11.3 Å². The minimum atomic E-state index is 0.178. The molecule has 3 nitrogen and oxygen atoms in total. The highest BCUT2D eigenvalue weighted by atomic mass is 32.1. The predicted molar refractivity (Wildman–Crippen MR) is 71.7 cm³/mol. The van der Waals surface area contributed by atoms with Gasteiger partial charge in [-0.2, -0.15) is 0 Å². The van der Waals surface area contributed by atoms with Crippen LogP contribution in [0.5, 0.6) is 5.75 Å². The van der Waals surface area contributed by atoms with Gasteiger partial charge in [-0.25, -0.2) is 4.98 Å². The Bertz CT molecular complexity index is 508. The quantitative estimate of drug-likeness (QED) is 0.815. The minimum absolute atomic E-state index is 0.178. The van der Waals surface area contributed by atoms with Gasteiger partial charge < -0.3 is 10.4 Å². The zero-order valence-electron chi connectivity index (χ0n) is 10.2. The Hall–Kier alpha value is -1.55. The Labute approximate surface area is 105 Å². The van der Waals surface area contributed by atoms with E-state index in [1.807, 2.05) is 31.5 Å². The third kappa shape index (κ3) is 2.58. The van der Waals surface area contributed by atoms with Gasteiger partial charge in [-0.15, -0.1) is 11.3 Å². The van der Waals surface area contributed by atoms with Gasteiger partial charge in [-0.05, 0) is 44.0 Å². The van der Waals surface area contributed by atoms with E-state index in [4.69, 9.17) is 0 Å². The molecule has 0 radical (unpaired) electrons. The molecular formula is C13H16N2OS. The Balaban J connectivity index is 2.22. The smallest absolute Gasteiger partial charge is 0.118 e. The van der Waals surface area contributed by atoms with E-state index >= 15 is 0 Å². The fourth-order valence-corrected chi connectivity index (χ4v) is 2.35. The molecule has 1 unspecified atom stereocenters. The highest BCUT2D eigenvalue weighted by Crippen LogP contribution is 2.28. The van der Waals surface area contributed by atoms with Crippen molar-refractivity contribution in [3.63, 3.8) is 0 Å². The molecule has 17 heavy (non-hydrogen) atoms. The molecule has 0 aliphatic heterocycles. The fourth-order valence-electron chi connectivity index (χ4n) is 1.70. The van der Waals surface area contributed by atoms with Crippen molar-refractivity contribution in [3.05, 3.63) is 39.8 Å². The Morgan fingerprint density at radius 3 is 2.71 bits per heavy atom. The lowest BCUT2D eigenvalue weighted by molar-refractivity contribution is 0.470. The molecule has 0 saturated carbocycles. The molecule has 1 aromatic heterocycles. The van der Waals surface area contributed by atoms with Crippen molar-refractivity contribution in [2.45, 2.75) is 26.8 Å². The van der Waals surface area contributed by atoms with Gasteiger partial charge in [0.05, 0.1) is 6.04 Å². The van der Waals surface area contributed by atoms with Gasteiger partial charge >= 0.3 is 0 Å². The molecule has 2 N–H and O–H groups in total.